The van der Waals surface area contributed by atoms with E-state index in [2.05, 4.69) is 11.2 Å². The fourth-order valence-electron chi connectivity index (χ4n) is 0.973. The molecule has 0 saturated carbocycles. The van der Waals surface area contributed by atoms with Crippen LogP contribution >= 0.6 is 0 Å². The molecule has 0 saturated heterocycles. The Balaban J connectivity index is 3.72. The molecule has 0 aliphatic rings. The molecule has 0 bridgehead atoms. The predicted molar refractivity (Wildman–Crippen MR) is 58.2 cm³/mol. The Morgan fingerprint density at radius 1 is 1.67 bits per heavy atom. The van der Waals surface area contributed by atoms with E-state index in [1.54, 1.807) is 14.0 Å². The lowest BCUT2D eigenvalue weighted by Crippen LogP contribution is -2.41. The Labute approximate surface area is 91.0 Å². The maximum atomic E-state index is 11.2. The minimum absolute atomic E-state index is 0.134. The molecule has 0 heterocycles. The second-order valence-corrected chi connectivity index (χ2v) is 3.72. The lowest BCUT2D eigenvalue weighted by molar-refractivity contribution is -0.122. The molecule has 0 rings (SSSR count). The molecule has 86 valence electrons. The molecule has 4 heteroatoms. The van der Waals surface area contributed by atoms with Crippen molar-refractivity contribution in [1.29, 1.82) is 0 Å². The standard InChI is InChI=1S/C11H19NO3/c1-4-5-6-10(13)12-9-11(2,14)7-8-15-3/h1,14H,5-9H2,2-3H3,(H,12,13). The zero-order valence-corrected chi connectivity index (χ0v) is 9.38. The van der Waals surface area contributed by atoms with Gasteiger partial charge in [0.05, 0.1) is 5.60 Å². The fraction of sp³-hybridized carbons (Fsp3) is 0.727. The average Bonchev–Trinajstić information content (AvgIpc) is 2.21. The van der Waals surface area contributed by atoms with Crippen molar-refractivity contribution in [3.05, 3.63) is 0 Å². The van der Waals surface area contributed by atoms with Gasteiger partial charge < -0.3 is 15.2 Å². The van der Waals surface area contributed by atoms with Crippen molar-refractivity contribution >= 4 is 5.91 Å². The number of rotatable bonds is 7. The van der Waals surface area contributed by atoms with E-state index >= 15 is 0 Å². The maximum Gasteiger partial charge on any atom is 0.221 e. The molecule has 0 aliphatic carbocycles. The summed E-state index contributed by atoms with van der Waals surface area (Å²) in [5, 5.41) is 12.4. The van der Waals surface area contributed by atoms with E-state index < -0.39 is 5.60 Å². The third-order valence-corrected chi connectivity index (χ3v) is 2.01. The molecule has 0 aromatic carbocycles. The Hall–Kier alpha value is -1.05. The van der Waals surface area contributed by atoms with Crippen LogP contribution in [-0.2, 0) is 9.53 Å². The number of nitrogens with one attached hydrogen (secondary N) is 1. The van der Waals surface area contributed by atoms with Gasteiger partial charge in [0.15, 0.2) is 0 Å². The average molecular weight is 213 g/mol. The summed E-state index contributed by atoms with van der Waals surface area (Å²) in [6, 6.07) is 0. The zero-order valence-electron chi connectivity index (χ0n) is 9.38. The van der Waals surface area contributed by atoms with E-state index in [1.807, 2.05) is 0 Å². The largest absolute Gasteiger partial charge is 0.388 e. The summed E-state index contributed by atoms with van der Waals surface area (Å²) >= 11 is 0. The summed E-state index contributed by atoms with van der Waals surface area (Å²) in [5.74, 6) is 2.25. The molecule has 0 aromatic heterocycles. The maximum absolute atomic E-state index is 11.2. The lowest BCUT2D eigenvalue weighted by atomic mass is 10.0. The first-order valence-corrected chi connectivity index (χ1v) is 4.93. The molecule has 0 radical (unpaired) electrons. The highest BCUT2D eigenvalue weighted by molar-refractivity contribution is 5.76. The van der Waals surface area contributed by atoms with Gasteiger partial charge >= 0.3 is 0 Å². The molecule has 0 aromatic rings. The van der Waals surface area contributed by atoms with Gasteiger partial charge in [-0.1, -0.05) is 0 Å². The molecule has 2 N–H and O–H groups in total. The third-order valence-electron chi connectivity index (χ3n) is 2.01. The highest BCUT2D eigenvalue weighted by atomic mass is 16.5. The topological polar surface area (TPSA) is 58.6 Å². The third kappa shape index (κ3) is 7.98. The van der Waals surface area contributed by atoms with E-state index in [1.165, 1.54) is 0 Å². The first kappa shape index (κ1) is 13.9. The molecule has 1 atom stereocenters. The van der Waals surface area contributed by atoms with E-state index in [-0.39, 0.29) is 12.5 Å². The van der Waals surface area contributed by atoms with Gasteiger partial charge in [0, 0.05) is 39.5 Å². The van der Waals surface area contributed by atoms with Gasteiger partial charge in [0.25, 0.3) is 0 Å². The molecular formula is C11H19NO3. The Bertz CT molecular complexity index is 230. The van der Waals surface area contributed by atoms with Gasteiger partial charge in [-0.2, -0.15) is 0 Å². The monoisotopic (exact) mass is 213 g/mol. The van der Waals surface area contributed by atoms with Crippen molar-refractivity contribution in [3.8, 4) is 12.3 Å². The number of carbonyl (C=O) groups excluding carboxylic acids is 1. The van der Waals surface area contributed by atoms with Crippen LogP contribution in [0.25, 0.3) is 0 Å². The van der Waals surface area contributed by atoms with Crippen LogP contribution in [0.3, 0.4) is 0 Å². The van der Waals surface area contributed by atoms with E-state index in [4.69, 9.17) is 11.2 Å². The second-order valence-electron chi connectivity index (χ2n) is 3.72. The van der Waals surface area contributed by atoms with Gasteiger partial charge in [-0.25, -0.2) is 0 Å². The van der Waals surface area contributed by atoms with Gasteiger partial charge in [-0.15, -0.1) is 12.3 Å². The Kier molecular flexibility index (Phi) is 6.76. The van der Waals surface area contributed by atoms with Crippen LogP contribution in [0.4, 0.5) is 0 Å². The van der Waals surface area contributed by atoms with E-state index in [0.29, 0.717) is 25.9 Å². The SMILES string of the molecule is C#CCCC(=O)NCC(C)(O)CCOC. The van der Waals surface area contributed by atoms with Crippen LogP contribution < -0.4 is 5.32 Å². The summed E-state index contributed by atoms with van der Waals surface area (Å²) in [6.45, 7) is 2.35. The number of hydrogen-bond donors (Lipinski definition) is 2. The summed E-state index contributed by atoms with van der Waals surface area (Å²) in [5.41, 5.74) is -0.929. The van der Waals surface area contributed by atoms with Crippen LogP contribution in [0.15, 0.2) is 0 Å². The van der Waals surface area contributed by atoms with Crippen molar-refractivity contribution in [2.75, 3.05) is 20.3 Å². The molecule has 1 amide bonds. The molecule has 0 fully saturated rings. The minimum atomic E-state index is -0.929. The zero-order chi connectivity index (χ0) is 11.7. The summed E-state index contributed by atoms with van der Waals surface area (Å²) < 4.78 is 4.85. The molecular weight excluding hydrogens is 194 g/mol. The van der Waals surface area contributed by atoms with Crippen molar-refractivity contribution in [1.82, 2.24) is 5.32 Å². The van der Waals surface area contributed by atoms with Crippen LogP contribution in [0, 0.1) is 12.3 Å². The number of aliphatic hydroxyl groups is 1. The quantitative estimate of drug-likeness (QED) is 0.598. The smallest absolute Gasteiger partial charge is 0.221 e. The Morgan fingerprint density at radius 3 is 2.87 bits per heavy atom. The van der Waals surface area contributed by atoms with Crippen molar-refractivity contribution in [2.45, 2.75) is 31.8 Å². The number of terminal acetylenes is 1. The summed E-state index contributed by atoms with van der Waals surface area (Å²) in [6.07, 6.45) is 6.24. The number of methoxy groups -OCH3 is 1. The highest BCUT2D eigenvalue weighted by Crippen LogP contribution is 2.07. The molecule has 15 heavy (non-hydrogen) atoms. The molecule has 0 aliphatic heterocycles. The molecule has 1 unspecified atom stereocenters. The number of ether oxygens (including phenoxy) is 1. The van der Waals surface area contributed by atoms with Gasteiger partial charge in [0.1, 0.15) is 0 Å². The van der Waals surface area contributed by atoms with Crippen molar-refractivity contribution in [3.63, 3.8) is 0 Å². The van der Waals surface area contributed by atoms with E-state index in [0.717, 1.165) is 0 Å². The minimum Gasteiger partial charge on any atom is -0.388 e. The summed E-state index contributed by atoms with van der Waals surface area (Å²) in [7, 11) is 1.57. The first-order valence-electron chi connectivity index (χ1n) is 4.93. The van der Waals surface area contributed by atoms with Crippen molar-refractivity contribution < 1.29 is 14.6 Å². The van der Waals surface area contributed by atoms with E-state index in [9.17, 15) is 9.90 Å². The Morgan fingerprint density at radius 2 is 2.33 bits per heavy atom. The highest BCUT2D eigenvalue weighted by Gasteiger charge is 2.20. The normalized spacial score (nSPS) is 14.0. The number of carbonyl (C=O) groups is 1. The van der Waals surface area contributed by atoms with Crippen LogP contribution in [0.5, 0.6) is 0 Å². The second kappa shape index (κ2) is 7.27. The first-order chi connectivity index (χ1) is 7.02. The van der Waals surface area contributed by atoms with Crippen LogP contribution in [-0.4, -0.2) is 36.9 Å². The fourth-order valence-corrected chi connectivity index (χ4v) is 0.973. The van der Waals surface area contributed by atoms with Crippen LogP contribution in [0.2, 0.25) is 0 Å². The lowest BCUT2D eigenvalue weighted by Gasteiger charge is -2.23. The molecule has 4 nitrogen and oxygen atoms in total. The van der Waals surface area contributed by atoms with Crippen LogP contribution in [0.1, 0.15) is 26.2 Å². The number of hydrogen-bond acceptors (Lipinski definition) is 3. The molecule has 0 spiro atoms. The van der Waals surface area contributed by atoms with Gasteiger partial charge in [-0.3, -0.25) is 4.79 Å². The van der Waals surface area contributed by atoms with Gasteiger partial charge in [-0.05, 0) is 6.92 Å². The van der Waals surface area contributed by atoms with Crippen molar-refractivity contribution in [2.24, 2.45) is 0 Å². The van der Waals surface area contributed by atoms with Gasteiger partial charge in [0.2, 0.25) is 5.91 Å². The number of amides is 1. The summed E-state index contributed by atoms with van der Waals surface area (Å²) in [4.78, 5) is 11.2. The predicted octanol–water partition coefficient (Wildman–Crippen LogP) is 0.303.